The van der Waals surface area contributed by atoms with Gasteiger partial charge in [0.15, 0.2) is 0 Å². The summed E-state index contributed by atoms with van der Waals surface area (Å²) in [4.78, 5) is 0. The molecule has 0 aliphatic carbocycles. The normalized spacial score (nSPS) is 14.0. The highest BCUT2D eigenvalue weighted by atomic mass is 79.9. The van der Waals surface area contributed by atoms with Crippen LogP contribution in [0.25, 0.3) is 0 Å². The maximum Gasteiger partial charge on any atom is 0.296 e. The van der Waals surface area contributed by atoms with Crippen molar-refractivity contribution in [2.45, 2.75) is 12.4 Å². The number of aliphatic hydroxyl groups is 1. The summed E-state index contributed by atoms with van der Waals surface area (Å²) in [5.41, 5.74) is -0.951. The van der Waals surface area contributed by atoms with E-state index in [1.165, 1.54) is 12.1 Å². The standard InChI is InChI=1S/C8H9BrO4S/c1-5-4-6(2-3-7(5)9)8(10)14(11,12)13/h2-4,8,10H,1H3,(H,11,12,13). The van der Waals surface area contributed by atoms with Crippen LogP contribution in [0.3, 0.4) is 0 Å². The molecule has 78 valence electrons. The second-order valence-corrected chi connectivity index (χ2v) is 5.21. The number of halogens is 1. The monoisotopic (exact) mass is 280 g/mol. The van der Waals surface area contributed by atoms with Crippen molar-refractivity contribution in [3.63, 3.8) is 0 Å². The summed E-state index contributed by atoms with van der Waals surface area (Å²) >= 11 is 3.24. The van der Waals surface area contributed by atoms with Crippen LogP contribution in [0.4, 0.5) is 0 Å². The Labute approximate surface area is 90.5 Å². The van der Waals surface area contributed by atoms with Gasteiger partial charge in [0.25, 0.3) is 10.1 Å². The average molecular weight is 281 g/mol. The van der Waals surface area contributed by atoms with Gasteiger partial charge in [-0.15, -0.1) is 0 Å². The van der Waals surface area contributed by atoms with E-state index >= 15 is 0 Å². The third-order valence-corrected chi connectivity index (χ3v) is 3.48. The van der Waals surface area contributed by atoms with Crippen LogP contribution < -0.4 is 0 Å². The highest BCUT2D eigenvalue weighted by Crippen LogP contribution is 2.23. The molecule has 0 radical (unpaired) electrons. The summed E-state index contributed by atoms with van der Waals surface area (Å²) in [5.74, 6) is 0. The quantitative estimate of drug-likeness (QED) is 0.808. The van der Waals surface area contributed by atoms with E-state index in [9.17, 15) is 13.5 Å². The van der Waals surface area contributed by atoms with Crippen molar-refractivity contribution >= 4 is 26.0 Å². The summed E-state index contributed by atoms with van der Waals surface area (Å²) in [6.07, 6.45) is 0. The summed E-state index contributed by atoms with van der Waals surface area (Å²) < 4.78 is 30.7. The van der Waals surface area contributed by atoms with E-state index in [1.54, 1.807) is 13.0 Å². The molecule has 6 heteroatoms. The van der Waals surface area contributed by atoms with Gasteiger partial charge in [0.1, 0.15) is 0 Å². The second kappa shape index (κ2) is 3.98. The van der Waals surface area contributed by atoms with Crippen molar-refractivity contribution in [1.29, 1.82) is 0 Å². The molecule has 2 N–H and O–H groups in total. The molecule has 1 aromatic carbocycles. The molecular weight excluding hydrogens is 272 g/mol. The summed E-state index contributed by atoms with van der Waals surface area (Å²) in [5, 5.41) is 9.22. The minimum atomic E-state index is -4.45. The summed E-state index contributed by atoms with van der Waals surface area (Å²) in [6, 6.07) is 4.52. The lowest BCUT2D eigenvalue weighted by Gasteiger charge is -2.08. The summed E-state index contributed by atoms with van der Waals surface area (Å²) in [7, 11) is -4.45. The Bertz CT molecular complexity index is 441. The van der Waals surface area contributed by atoms with Crippen molar-refractivity contribution < 1.29 is 18.1 Å². The lowest BCUT2D eigenvalue weighted by molar-refractivity contribution is 0.238. The first-order valence-corrected chi connectivity index (χ1v) is 6.02. The molecule has 1 rings (SSSR count). The minimum absolute atomic E-state index is 0.146. The lowest BCUT2D eigenvalue weighted by atomic mass is 10.1. The molecule has 0 amide bonds. The maximum absolute atomic E-state index is 10.6. The van der Waals surface area contributed by atoms with Gasteiger partial charge in [-0.2, -0.15) is 8.42 Å². The van der Waals surface area contributed by atoms with Crippen LogP contribution in [0.1, 0.15) is 16.6 Å². The lowest BCUT2D eigenvalue weighted by Crippen LogP contribution is -2.11. The van der Waals surface area contributed by atoms with Crippen molar-refractivity contribution in [2.24, 2.45) is 0 Å². The zero-order valence-corrected chi connectivity index (χ0v) is 9.71. The van der Waals surface area contributed by atoms with E-state index in [0.717, 1.165) is 10.0 Å². The van der Waals surface area contributed by atoms with Gasteiger partial charge in [-0.3, -0.25) is 4.55 Å². The van der Waals surface area contributed by atoms with Gasteiger partial charge in [0.2, 0.25) is 5.44 Å². The van der Waals surface area contributed by atoms with E-state index < -0.39 is 15.6 Å². The van der Waals surface area contributed by atoms with Crippen LogP contribution in [0.15, 0.2) is 22.7 Å². The van der Waals surface area contributed by atoms with Gasteiger partial charge in [0, 0.05) is 4.47 Å². The van der Waals surface area contributed by atoms with Crippen molar-refractivity contribution in [2.75, 3.05) is 0 Å². The smallest absolute Gasteiger partial charge is 0.296 e. The van der Waals surface area contributed by atoms with Gasteiger partial charge in [0.05, 0.1) is 0 Å². The molecule has 1 aromatic rings. The van der Waals surface area contributed by atoms with Gasteiger partial charge in [-0.1, -0.05) is 28.1 Å². The molecule has 0 spiro atoms. The number of aryl methyl sites for hydroxylation is 1. The largest absolute Gasteiger partial charge is 0.371 e. The van der Waals surface area contributed by atoms with Crippen molar-refractivity contribution in [3.05, 3.63) is 33.8 Å². The average Bonchev–Trinajstić information content (AvgIpc) is 2.07. The van der Waals surface area contributed by atoms with Crippen LogP contribution >= 0.6 is 15.9 Å². The fourth-order valence-corrected chi connectivity index (χ4v) is 1.73. The topological polar surface area (TPSA) is 74.6 Å². The second-order valence-electron chi connectivity index (χ2n) is 2.88. The third kappa shape index (κ3) is 2.54. The fraction of sp³-hybridized carbons (Fsp3) is 0.250. The molecular formula is C8H9BrO4S. The van der Waals surface area contributed by atoms with E-state index in [1.807, 2.05) is 0 Å². The Morgan fingerprint density at radius 3 is 2.43 bits per heavy atom. The predicted molar refractivity (Wildman–Crippen MR) is 55.4 cm³/mol. The first kappa shape index (κ1) is 11.6. The number of hydrogen-bond donors (Lipinski definition) is 2. The molecule has 0 saturated heterocycles. The molecule has 0 heterocycles. The molecule has 0 saturated carbocycles. The molecule has 14 heavy (non-hydrogen) atoms. The van der Waals surface area contributed by atoms with Crippen LogP contribution in [-0.2, 0) is 10.1 Å². The molecule has 1 atom stereocenters. The van der Waals surface area contributed by atoms with Crippen LogP contribution in [-0.4, -0.2) is 18.1 Å². The van der Waals surface area contributed by atoms with Gasteiger partial charge in [-0.25, -0.2) is 0 Å². The molecule has 0 aliphatic heterocycles. The highest BCUT2D eigenvalue weighted by molar-refractivity contribution is 9.10. The molecule has 1 unspecified atom stereocenters. The van der Waals surface area contributed by atoms with E-state index in [4.69, 9.17) is 4.55 Å². The van der Waals surface area contributed by atoms with Crippen LogP contribution in [0.5, 0.6) is 0 Å². The fourth-order valence-electron chi connectivity index (χ4n) is 0.993. The first-order valence-electron chi connectivity index (χ1n) is 3.73. The molecule has 0 aliphatic rings. The van der Waals surface area contributed by atoms with Crippen LogP contribution in [0, 0.1) is 6.92 Å². The Morgan fingerprint density at radius 2 is 2.00 bits per heavy atom. The van der Waals surface area contributed by atoms with Crippen LogP contribution in [0.2, 0.25) is 0 Å². The third-order valence-electron chi connectivity index (χ3n) is 1.75. The SMILES string of the molecule is Cc1cc(C(O)S(=O)(=O)O)ccc1Br. The Hall–Kier alpha value is -0.430. The molecule has 0 fully saturated rings. The first-order chi connectivity index (χ1) is 6.32. The Kier molecular flexibility index (Phi) is 3.31. The number of aliphatic hydroxyl groups excluding tert-OH is 1. The summed E-state index contributed by atoms with van der Waals surface area (Å²) in [6.45, 7) is 1.75. The highest BCUT2D eigenvalue weighted by Gasteiger charge is 2.21. The Balaban J connectivity index is 3.16. The van der Waals surface area contributed by atoms with Crippen molar-refractivity contribution in [1.82, 2.24) is 0 Å². The number of rotatable bonds is 2. The van der Waals surface area contributed by atoms with Gasteiger partial charge >= 0.3 is 0 Å². The van der Waals surface area contributed by atoms with E-state index in [0.29, 0.717) is 0 Å². The number of benzene rings is 1. The Morgan fingerprint density at radius 1 is 1.43 bits per heavy atom. The minimum Gasteiger partial charge on any atom is -0.371 e. The zero-order valence-electron chi connectivity index (χ0n) is 7.31. The van der Waals surface area contributed by atoms with Gasteiger partial charge < -0.3 is 5.11 Å². The van der Waals surface area contributed by atoms with Crippen molar-refractivity contribution in [3.8, 4) is 0 Å². The maximum atomic E-state index is 10.6. The predicted octanol–water partition coefficient (Wildman–Crippen LogP) is 1.64. The molecule has 4 nitrogen and oxygen atoms in total. The van der Waals surface area contributed by atoms with E-state index in [-0.39, 0.29) is 5.56 Å². The zero-order chi connectivity index (χ0) is 10.9. The van der Waals surface area contributed by atoms with E-state index in [2.05, 4.69) is 15.9 Å². The molecule has 0 aromatic heterocycles. The molecule has 0 bridgehead atoms. The number of hydrogen-bond acceptors (Lipinski definition) is 3. The van der Waals surface area contributed by atoms with Gasteiger partial charge in [-0.05, 0) is 24.1 Å².